The number of hydrogen-bond donors (Lipinski definition) is 2. The average Bonchev–Trinajstić information content (AvgIpc) is 2.38. The van der Waals surface area contributed by atoms with Crippen LogP contribution in [-0.4, -0.2) is 29.9 Å². The van der Waals surface area contributed by atoms with E-state index in [0.717, 1.165) is 0 Å². The van der Waals surface area contributed by atoms with E-state index in [9.17, 15) is 13.5 Å². The molecule has 0 aromatic heterocycles. The van der Waals surface area contributed by atoms with E-state index in [4.69, 9.17) is 5.73 Å². The maximum Gasteiger partial charge on any atom is 0.247 e. The van der Waals surface area contributed by atoms with Crippen LogP contribution in [0.5, 0.6) is 5.75 Å². The van der Waals surface area contributed by atoms with Gasteiger partial charge in [0.2, 0.25) is 10.0 Å². The Morgan fingerprint density at radius 2 is 1.59 bits per heavy atom. The first-order valence-corrected chi connectivity index (χ1v) is 8.65. The first-order chi connectivity index (χ1) is 10.2. The number of anilines is 1. The Hall–Kier alpha value is -1.79. The SMILES string of the molecule is CC(C)N(C(C)C)S(=O)(=O)c1ccc2c(N)cccc2c1O. The number of rotatable bonds is 4. The Labute approximate surface area is 131 Å². The van der Waals surface area contributed by atoms with Gasteiger partial charge in [-0.1, -0.05) is 18.2 Å². The van der Waals surface area contributed by atoms with Gasteiger partial charge in [0.25, 0.3) is 0 Å². The molecule has 0 bridgehead atoms. The predicted octanol–water partition coefficient (Wildman–Crippen LogP) is 2.94. The Morgan fingerprint density at radius 1 is 1.00 bits per heavy atom. The minimum absolute atomic E-state index is 0.0898. The van der Waals surface area contributed by atoms with Crippen LogP contribution in [0.15, 0.2) is 35.2 Å². The lowest BCUT2D eigenvalue weighted by atomic mass is 10.1. The molecular formula is C16H22N2O3S. The highest BCUT2D eigenvalue weighted by Crippen LogP contribution is 2.36. The summed E-state index contributed by atoms with van der Waals surface area (Å²) in [5.74, 6) is -0.254. The van der Waals surface area contributed by atoms with E-state index in [2.05, 4.69) is 0 Å². The van der Waals surface area contributed by atoms with E-state index in [1.165, 1.54) is 10.4 Å². The van der Waals surface area contributed by atoms with Gasteiger partial charge in [0.1, 0.15) is 10.6 Å². The van der Waals surface area contributed by atoms with Crippen molar-refractivity contribution in [1.82, 2.24) is 4.31 Å². The lowest BCUT2D eigenvalue weighted by Gasteiger charge is -2.30. The van der Waals surface area contributed by atoms with E-state index in [1.54, 1.807) is 24.3 Å². The Kier molecular flexibility index (Phi) is 4.35. The molecule has 0 spiro atoms. The zero-order valence-corrected chi connectivity index (χ0v) is 14.1. The summed E-state index contributed by atoms with van der Waals surface area (Å²) in [5, 5.41) is 11.5. The number of phenols is 1. The molecule has 0 fully saturated rings. The molecule has 0 atom stereocenters. The van der Waals surface area contributed by atoms with Gasteiger partial charge >= 0.3 is 0 Å². The van der Waals surface area contributed by atoms with Crippen LogP contribution in [-0.2, 0) is 10.0 Å². The molecule has 0 saturated carbocycles. The van der Waals surface area contributed by atoms with Gasteiger partial charge < -0.3 is 10.8 Å². The third-order valence-corrected chi connectivity index (χ3v) is 5.89. The topological polar surface area (TPSA) is 83.6 Å². The fourth-order valence-corrected chi connectivity index (χ4v) is 4.75. The maximum atomic E-state index is 12.9. The van der Waals surface area contributed by atoms with Crippen molar-refractivity contribution in [1.29, 1.82) is 0 Å². The maximum absolute atomic E-state index is 12.9. The molecule has 0 heterocycles. The molecule has 0 aliphatic carbocycles. The van der Waals surface area contributed by atoms with E-state index in [-0.39, 0.29) is 22.7 Å². The highest BCUT2D eigenvalue weighted by Gasteiger charge is 2.32. The van der Waals surface area contributed by atoms with Crippen molar-refractivity contribution in [2.24, 2.45) is 0 Å². The summed E-state index contributed by atoms with van der Waals surface area (Å²) in [7, 11) is -3.79. The number of nitrogens with zero attached hydrogens (tertiary/aromatic N) is 1. The normalized spacial score (nSPS) is 12.7. The minimum atomic E-state index is -3.79. The smallest absolute Gasteiger partial charge is 0.247 e. The monoisotopic (exact) mass is 322 g/mol. The van der Waals surface area contributed by atoms with Crippen molar-refractivity contribution in [3.8, 4) is 5.75 Å². The van der Waals surface area contributed by atoms with Gasteiger partial charge in [-0.2, -0.15) is 4.31 Å². The van der Waals surface area contributed by atoms with Crippen LogP contribution < -0.4 is 5.73 Å². The second kappa shape index (κ2) is 5.78. The van der Waals surface area contributed by atoms with Gasteiger partial charge in [0.05, 0.1) is 0 Å². The van der Waals surface area contributed by atoms with E-state index in [1.807, 2.05) is 27.7 Å². The highest BCUT2D eigenvalue weighted by molar-refractivity contribution is 7.89. The van der Waals surface area contributed by atoms with Gasteiger partial charge in [-0.3, -0.25) is 0 Å². The molecule has 120 valence electrons. The summed E-state index contributed by atoms with van der Waals surface area (Å²) >= 11 is 0. The third-order valence-electron chi connectivity index (χ3n) is 3.60. The van der Waals surface area contributed by atoms with E-state index in [0.29, 0.717) is 16.5 Å². The Morgan fingerprint density at radius 3 is 2.14 bits per heavy atom. The molecule has 22 heavy (non-hydrogen) atoms. The summed E-state index contributed by atoms with van der Waals surface area (Å²) in [5.41, 5.74) is 6.37. The molecule has 0 unspecified atom stereocenters. The second-order valence-corrected chi connectivity index (χ2v) is 7.69. The van der Waals surface area contributed by atoms with E-state index < -0.39 is 10.0 Å². The van der Waals surface area contributed by atoms with Gasteiger partial charge in [0, 0.05) is 28.5 Å². The Balaban J connectivity index is 2.72. The standard InChI is InChI=1S/C16H22N2O3S/c1-10(2)18(11(3)4)22(20,21)15-9-8-12-13(16(15)19)6-5-7-14(12)17/h5-11,19H,17H2,1-4H3. The molecule has 2 aromatic rings. The van der Waals surface area contributed by atoms with Gasteiger partial charge in [-0.05, 0) is 39.8 Å². The van der Waals surface area contributed by atoms with Crippen molar-refractivity contribution < 1.29 is 13.5 Å². The number of hydrogen-bond acceptors (Lipinski definition) is 4. The van der Waals surface area contributed by atoms with Gasteiger partial charge in [-0.15, -0.1) is 0 Å². The minimum Gasteiger partial charge on any atom is -0.506 e. The number of nitrogen functional groups attached to an aromatic ring is 1. The van der Waals surface area contributed by atoms with Crippen molar-refractivity contribution in [3.05, 3.63) is 30.3 Å². The number of aromatic hydroxyl groups is 1. The van der Waals surface area contributed by atoms with Gasteiger partial charge in [-0.25, -0.2) is 8.42 Å². The van der Waals surface area contributed by atoms with Crippen LogP contribution in [0, 0.1) is 0 Å². The summed E-state index contributed by atoms with van der Waals surface area (Å²) in [4.78, 5) is -0.0898. The zero-order chi connectivity index (χ0) is 16.7. The first-order valence-electron chi connectivity index (χ1n) is 7.21. The fraction of sp³-hybridized carbons (Fsp3) is 0.375. The van der Waals surface area contributed by atoms with Crippen LogP contribution >= 0.6 is 0 Å². The molecule has 2 rings (SSSR count). The lowest BCUT2D eigenvalue weighted by molar-refractivity contribution is 0.301. The van der Waals surface area contributed by atoms with Crippen molar-refractivity contribution in [2.45, 2.75) is 44.7 Å². The molecule has 5 nitrogen and oxygen atoms in total. The largest absolute Gasteiger partial charge is 0.506 e. The van der Waals surface area contributed by atoms with Crippen LogP contribution in [0.2, 0.25) is 0 Å². The molecule has 0 saturated heterocycles. The summed E-state index contributed by atoms with van der Waals surface area (Å²) in [6, 6.07) is 7.70. The van der Waals surface area contributed by atoms with Crippen molar-refractivity contribution >= 4 is 26.5 Å². The van der Waals surface area contributed by atoms with E-state index >= 15 is 0 Å². The van der Waals surface area contributed by atoms with Crippen LogP contribution in [0.4, 0.5) is 5.69 Å². The third kappa shape index (κ3) is 2.64. The highest BCUT2D eigenvalue weighted by atomic mass is 32.2. The summed E-state index contributed by atoms with van der Waals surface area (Å²) < 4.78 is 27.2. The lowest BCUT2D eigenvalue weighted by Crippen LogP contribution is -2.41. The number of sulfonamides is 1. The molecule has 0 aliphatic rings. The molecule has 0 amide bonds. The second-order valence-electron chi connectivity index (χ2n) is 5.88. The zero-order valence-electron chi connectivity index (χ0n) is 13.2. The van der Waals surface area contributed by atoms with Crippen LogP contribution in [0.3, 0.4) is 0 Å². The fourth-order valence-electron chi connectivity index (χ4n) is 2.82. The van der Waals surface area contributed by atoms with Crippen molar-refractivity contribution in [3.63, 3.8) is 0 Å². The molecule has 2 aromatic carbocycles. The number of fused-ring (bicyclic) bond motifs is 1. The molecule has 0 aliphatic heterocycles. The number of benzene rings is 2. The summed E-state index contributed by atoms with van der Waals surface area (Å²) in [6.45, 7) is 7.25. The number of phenolic OH excluding ortho intramolecular Hbond substituents is 1. The molecule has 3 N–H and O–H groups in total. The molecular weight excluding hydrogens is 300 g/mol. The quantitative estimate of drug-likeness (QED) is 0.848. The van der Waals surface area contributed by atoms with Gasteiger partial charge in [0.15, 0.2) is 0 Å². The molecule has 6 heteroatoms. The van der Waals surface area contributed by atoms with Crippen molar-refractivity contribution in [2.75, 3.05) is 5.73 Å². The van der Waals surface area contributed by atoms with Crippen LogP contribution in [0.1, 0.15) is 27.7 Å². The average molecular weight is 322 g/mol. The summed E-state index contributed by atoms with van der Waals surface area (Å²) in [6.07, 6.45) is 0. The molecule has 0 radical (unpaired) electrons. The number of nitrogens with two attached hydrogens (primary N) is 1. The predicted molar refractivity (Wildman–Crippen MR) is 89.3 cm³/mol. The first kappa shape index (κ1) is 16.6. The van der Waals surface area contributed by atoms with Crippen LogP contribution in [0.25, 0.3) is 10.8 Å². The Bertz CT molecular complexity index is 790.